The summed E-state index contributed by atoms with van der Waals surface area (Å²) >= 11 is 1.44. The fraction of sp³-hybridized carbons (Fsp3) is 0.476. The Morgan fingerprint density at radius 3 is 2.68 bits per heavy atom. The number of carbonyl (C=O) groups excluding carboxylic acids is 1. The first kappa shape index (κ1) is 20.3. The van der Waals surface area contributed by atoms with Crippen LogP contribution in [0.4, 0.5) is 5.13 Å². The number of piperidine rings is 1. The molecule has 3 rings (SSSR count). The molecule has 0 spiro atoms. The molecular formula is C21H26N4O2S. The summed E-state index contributed by atoms with van der Waals surface area (Å²) in [5.74, 6) is 1.73. The average Bonchev–Trinajstić information content (AvgIpc) is 3.08. The highest BCUT2D eigenvalue weighted by Gasteiger charge is 2.23. The van der Waals surface area contributed by atoms with Crippen LogP contribution < -0.4 is 10.1 Å². The Kier molecular flexibility index (Phi) is 6.65. The van der Waals surface area contributed by atoms with Crippen molar-refractivity contribution in [3.05, 3.63) is 40.9 Å². The van der Waals surface area contributed by atoms with E-state index in [1.54, 1.807) is 31.2 Å². The van der Waals surface area contributed by atoms with Crippen molar-refractivity contribution < 1.29 is 9.53 Å². The van der Waals surface area contributed by atoms with Crippen LogP contribution in [-0.4, -0.2) is 35.0 Å². The number of thiazole rings is 1. The predicted octanol–water partition coefficient (Wildman–Crippen LogP) is 3.90. The lowest BCUT2D eigenvalue weighted by Crippen LogP contribution is -2.38. The monoisotopic (exact) mass is 398 g/mol. The van der Waals surface area contributed by atoms with Crippen LogP contribution in [-0.2, 0) is 11.3 Å². The second-order valence-electron chi connectivity index (χ2n) is 7.67. The molecule has 1 N–H and O–H groups in total. The number of rotatable bonds is 6. The van der Waals surface area contributed by atoms with E-state index in [0.717, 1.165) is 25.3 Å². The van der Waals surface area contributed by atoms with Gasteiger partial charge in [-0.3, -0.25) is 15.0 Å². The van der Waals surface area contributed by atoms with Crippen LogP contribution in [0.3, 0.4) is 0 Å². The number of nitriles is 1. The van der Waals surface area contributed by atoms with Gasteiger partial charge in [0, 0.05) is 25.0 Å². The quantitative estimate of drug-likeness (QED) is 0.798. The Balaban J connectivity index is 1.52. The molecule has 148 valence electrons. The number of amides is 1. The Hall–Kier alpha value is -2.43. The number of hydrogen-bond donors (Lipinski definition) is 1. The number of benzene rings is 1. The van der Waals surface area contributed by atoms with Crippen molar-refractivity contribution in [3.8, 4) is 11.8 Å². The maximum Gasteiger partial charge on any atom is 0.266 e. The molecule has 0 saturated carbocycles. The summed E-state index contributed by atoms with van der Waals surface area (Å²) in [6.45, 7) is 9.30. The van der Waals surface area contributed by atoms with Gasteiger partial charge in [-0.1, -0.05) is 13.8 Å². The van der Waals surface area contributed by atoms with E-state index in [1.807, 2.05) is 5.38 Å². The molecule has 1 aliphatic heterocycles. The number of hydrogen-bond acceptors (Lipinski definition) is 6. The van der Waals surface area contributed by atoms with Crippen molar-refractivity contribution in [1.82, 2.24) is 9.88 Å². The Morgan fingerprint density at radius 1 is 1.36 bits per heavy atom. The maximum atomic E-state index is 12.4. The zero-order valence-corrected chi connectivity index (χ0v) is 17.3. The minimum Gasteiger partial charge on any atom is -0.481 e. The average molecular weight is 399 g/mol. The van der Waals surface area contributed by atoms with Gasteiger partial charge < -0.3 is 4.74 Å². The highest BCUT2D eigenvalue weighted by molar-refractivity contribution is 7.13. The third kappa shape index (κ3) is 5.54. The normalized spacial score (nSPS) is 20.9. The van der Waals surface area contributed by atoms with Gasteiger partial charge in [0.1, 0.15) is 5.75 Å². The van der Waals surface area contributed by atoms with Crippen LogP contribution in [0, 0.1) is 23.2 Å². The first-order valence-electron chi connectivity index (χ1n) is 9.57. The minimum absolute atomic E-state index is 0.245. The van der Waals surface area contributed by atoms with E-state index in [9.17, 15) is 4.79 Å². The van der Waals surface area contributed by atoms with Crippen LogP contribution in [0.1, 0.15) is 38.4 Å². The topological polar surface area (TPSA) is 78.3 Å². The van der Waals surface area contributed by atoms with Crippen LogP contribution in [0.5, 0.6) is 5.75 Å². The Bertz CT molecular complexity index is 833. The first-order valence-corrected chi connectivity index (χ1v) is 10.5. The molecule has 2 aromatic rings. The molecular weight excluding hydrogens is 372 g/mol. The Morgan fingerprint density at radius 2 is 2.04 bits per heavy atom. The van der Waals surface area contributed by atoms with Crippen LogP contribution >= 0.6 is 11.3 Å². The van der Waals surface area contributed by atoms with E-state index < -0.39 is 6.10 Å². The largest absolute Gasteiger partial charge is 0.481 e. The van der Waals surface area contributed by atoms with Gasteiger partial charge in [0.2, 0.25) is 0 Å². The third-order valence-electron chi connectivity index (χ3n) is 4.78. The molecule has 0 unspecified atom stereocenters. The van der Waals surface area contributed by atoms with Crippen molar-refractivity contribution in [3.63, 3.8) is 0 Å². The van der Waals surface area contributed by atoms with Gasteiger partial charge >= 0.3 is 0 Å². The number of carbonyl (C=O) groups is 1. The lowest BCUT2D eigenvalue weighted by Gasteiger charge is -2.34. The number of likely N-dealkylation sites (tertiary alicyclic amines) is 1. The fourth-order valence-corrected chi connectivity index (χ4v) is 4.36. The summed E-state index contributed by atoms with van der Waals surface area (Å²) < 4.78 is 5.65. The molecule has 7 heteroatoms. The van der Waals surface area contributed by atoms with Gasteiger partial charge in [0.05, 0.1) is 17.3 Å². The zero-order valence-electron chi connectivity index (χ0n) is 16.5. The molecule has 0 bridgehead atoms. The second kappa shape index (κ2) is 9.18. The Labute approximate surface area is 170 Å². The highest BCUT2D eigenvalue weighted by atomic mass is 32.1. The van der Waals surface area contributed by atoms with Gasteiger partial charge in [0.15, 0.2) is 11.2 Å². The van der Waals surface area contributed by atoms with E-state index in [-0.39, 0.29) is 5.91 Å². The third-order valence-corrected chi connectivity index (χ3v) is 5.58. The first-order chi connectivity index (χ1) is 13.4. The summed E-state index contributed by atoms with van der Waals surface area (Å²) in [4.78, 5) is 19.4. The van der Waals surface area contributed by atoms with Gasteiger partial charge in [0.25, 0.3) is 5.91 Å². The van der Waals surface area contributed by atoms with E-state index in [1.165, 1.54) is 17.8 Å². The molecule has 3 atom stereocenters. The highest BCUT2D eigenvalue weighted by Crippen LogP contribution is 2.24. The predicted molar refractivity (Wildman–Crippen MR) is 110 cm³/mol. The summed E-state index contributed by atoms with van der Waals surface area (Å²) in [5, 5.41) is 14.3. The molecule has 1 fully saturated rings. The van der Waals surface area contributed by atoms with Crippen LogP contribution in [0.2, 0.25) is 0 Å². The van der Waals surface area contributed by atoms with E-state index in [0.29, 0.717) is 28.3 Å². The zero-order chi connectivity index (χ0) is 20.1. The van der Waals surface area contributed by atoms with Crippen LogP contribution in [0.25, 0.3) is 0 Å². The molecule has 1 aromatic carbocycles. The standard InChI is InChI=1S/C21H26N4O2S/c1-14-8-15(2)11-25(10-14)12-18-13-28-21(23-18)24-20(26)16(3)27-19-6-4-17(9-22)5-7-19/h4-7,13-16H,8,10-12H2,1-3H3,(H,23,24,26)/t14-,15+,16-/m1/s1. The number of ether oxygens (including phenoxy) is 1. The maximum absolute atomic E-state index is 12.4. The number of nitrogens with zero attached hydrogens (tertiary/aromatic N) is 3. The summed E-state index contributed by atoms with van der Waals surface area (Å²) in [5.41, 5.74) is 1.54. The molecule has 28 heavy (non-hydrogen) atoms. The van der Waals surface area contributed by atoms with Crippen LogP contribution in [0.15, 0.2) is 29.6 Å². The molecule has 6 nitrogen and oxygen atoms in total. The summed E-state index contributed by atoms with van der Waals surface area (Å²) in [6, 6.07) is 8.75. The molecule has 1 aliphatic rings. The van der Waals surface area contributed by atoms with E-state index in [4.69, 9.17) is 10.00 Å². The van der Waals surface area contributed by atoms with Crippen molar-refractivity contribution >= 4 is 22.4 Å². The van der Waals surface area contributed by atoms with Crippen molar-refractivity contribution in [2.45, 2.75) is 39.8 Å². The van der Waals surface area contributed by atoms with Gasteiger partial charge in [-0.15, -0.1) is 11.3 Å². The lowest BCUT2D eigenvalue weighted by atomic mass is 9.92. The lowest BCUT2D eigenvalue weighted by molar-refractivity contribution is -0.122. The summed E-state index contributed by atoms with van der Waals surface area (Å²) in [6.07, 6.45) is 0.621. The molecule has 0 aliphatic carbocycles. The molecule has 2 heterocycles. The smallest absolute Gasteiger partial charge is 0.266 e. The number of aromatic nitrogens is 1. The van der Waals surface area contributed by atoms with E-state index >= 15 is 0 Å². The molecule has 1 amide bonds. The van der Waals surface area contributed by atoms with Gasteiger partial charge in [-0.25, -0.2) is 4.98 Å². The number of nitrogens with one attached hydrogen (secondary N) is 1. The SMILES string of the molecule is C[C@@H]1C[C@H](C)CN(Cc2csc(NC(=O)[C@@H](C)Oc3ccc(C#N)cc3)n2)C1. The van der Waals surface area contributed by atoms with Crippen molar-refractivity contribution in [2.75, 3.05) is 18.4 Å². The molecule has 0 radical (unpaired) electrons. The van der Waals surface area contributed by atoms with Gasteiger partial charge in [-0.05, 0) is 49.4 Å². The van der Waals surface area contributed by atoms with Crippen molar-refractivity contribution in [1.29, 1.82) is 5.26 Å². The van der Waals surface area contributed by atoms with Gasteiger partial charge in [-0.2, -0.15) is 5.26 Å². The molecule has 1 aromatic heterocycles. The van der Waals surface area contributed by atoms with E-state index in [2.05, 4.69) is 35.1 Å². The summed E-state index contributed by atoms with van der Waals surface area (Å²) in [7, 11) is 0. The number of anilines is 1. The second-order valence-corrected chi connectivity index (χ2v) is 8.53. The molecule has 1 saturated heterocycles. The van der Waals surface area contributed by atoms with Crippen molar-refractivity contribution in [2.24, 2.45) is 11.8 Å². The minimum atomic E-state index is -0.663. The fourth-order valence-electron chi connectivity index (χ4n) is 3.66.